The Labute approximate surface area is 142 Å². The molecule has 0 amide bonds. The SMILES string of the molecule is CC1=C(CCC2C=COC2C)[C@@]2(C)CCC(O)C(C)(C)C2CC1. The average Bonchev–Trinajstić information content (AvgIpc) is 2.88. The van der Waals surface area contributed by atoms with Gasteiger partial charge < -0.3 is 9.84 Å². The van der Waals surface area contributed by atoms with E-state index in [1.54, 1.807) is 11.1 Å². The minimum Gasteiger partial charge on any atom is -0.498 e. The van der Waals surface area contributed by atoms with Crippen molar-refractivity contribution in [3.63, 3.8) is 0 Å². The molecule has 3 aliphatic rings. The van der Waals surface area contributed by atoms with Gasteiger partial charge in [-0.3, -0.25) is 0 Å². The normalized spacial score (nSPS) is 42.5. The third kappa shape index (κ3) is 2.77. The highest BCUT2D eigenvalue weighted by molar-refractivity contribution is 5.28. The maximum Gasteiger partial charge on any atom is 0.101 e. The van der Waals surface area contributed by atoms with Crippen LogP contribution in [0.2, 0.25) is 0 Å². The molecule has 130 valence electrons. The summed E-state index contributed by atoms with van der Waals surface area (Å²) in [5, 5.41) is 10.5. The molecular weight excluding hydrogens is 284 g/mol. The molecule has 0 radical (unpaired) electrons. The second-order valence-electron chi connectivity index (χ2n) is 9.02. The predicted molar refractivity (Wildman–Crippen MR) is 95.0 cm³/mol. The lowest BCUT2D eigenvalue weighted by atomic mass is 9.49. The number of hydrogen-bond acceptors (Lipinski definition) is 2. The van der Waals surface area contributed by atoms with E-state index in [1.807, 2.05) is 6.26 Å². The molecule has 1 aliphatic heterocycles. The van der Waals surface area contributed by atoms with Gasteiger partial charge in [-0.05, 0) is 75.2 Å². The highest BCUT2D eigenvalue weighted by atomic mass is 16.5. The molecule has 4 unspecified atom stereocenters. The Morgan fingerprint density at radius 3 is 2.65 bits per heavy atom. The van der Waals surface area contributed by atoms with Crippen LogP contribution in [0.15, 0.2) is 23.5 Å². The van der Waals surface area contributed by atoms with Crippen LogP contribution in [-0.2, 0) is 4.74 Å². The fourth-order valence-electron chi connectivity index (χ4n) is 5.76. The van der Waals surface area contributed by atoms with Crippen LogP contribution < -0.4 is 0 Å². The molecule has 0 spiro atoms. The molecule has 1 fully saturated rings. The Balaban J connectivity index is 1.82. The molecule has 0 aromatic rings. The van der Waals surface area contributed by atoms with Gasteiger partial charge in [0.25, 0.3) is 0 Å². The summed E-state index contributed by atoms with van der Waals surface area (Å²) >= 11 is 0. The van der Waals surface area contributed by atoms with E-state index in [-0.39, 0.29) is 16.9 Å². The van der Waals surface area contributed by atoms with Crippen LogP contribution in [-0.4, -0.2) is 17.3 Å². The first-order chi connectivity index (χ1) is 10.8. The minimum atomic E-state index is -0.147. The van der Waals surface area contributed by atoms with Crippen LogP contribution in [0.4, 0.5) is 0 Å². The predicted octanol–water partition coefficient (Wildman–Crippen LogP) is 5.23. The second kappa shape index (κ2) is 5.95. The van der Waals surface area contributed by atoms with Crippen LogP contribution in [0.1, 0.15) is 73.1 Å². The van der Waals surface area contributed by atoms with E-state index >= 15 is 0 Å². The van der Waals surface area contributed by atoms with Gasteiger partial charge in [-0.2, -0.15) is 0 Å². The molecule has 0 saturated heterocycles. The molecule has 1 N–H and O–H groups in total. The van der Waals surface area contributed by atoms with E-state index < -0.39 is 0 Å². The summed E-state index contributed by atoms with van der Waals surface area (Å²) < 4.78 is 5.58. The zero-order valence-corrected chi connectivity index (χ0v) is 15.6. The number of allylic oxidation sites excluding steroid dienone is 2. The number of aliphatic hydroxyl groups excluding tert-OH is 1. The maximum atomic E-state index is 10.5. The Hall–Kier alpha value is -0.760. The van der Waals surface area contributed by atoms with Crippen LogP contribution in [0.3, 0.4) is 0 Å². The number of ether oxygens (including phenoxy) is 1. The van der Waals surface area contributed by atoms with E-state index in [4.69, 9.17) is 4.74 Å². The summed E-state index contributed by atoms with van der Waals surface area (Å²) in [5.41, 5.74) is 3.62. The molecule has 2 heteroatoms. The quantitative estimate of drug-likeness (QED) is 0.722. The molecule has 5 atom stereocenters. The molecule has 0 aromatic heterocycles. The van der Waals surface area contributed by atoms with E-state index in [0.29, 0.717) is 17.9 Å². The Bertz CT molecular complexity index is 516. The van der Waals surface area contributed by atoms with Crippen molar-refractivity contribution in [3.05, 3.63) is 23.5 Å². The van der Waals surface area contributed by atoms with Crippen molar-refractivity contribution >= 4 is 0 Å². The van der Waals surface area contributed by atoms with Gasteiger partial charge in [0.2, 0.25) is 0 Å². The zero-order valence-electron chi connectivity index (χ0n) is 15.6. The lowest BCUT2D eigenvalue weighted by molar-refractivity contribution is -0.0895. The third-order valence-electron chi connectivity index (χ3n) is 7.43. The smallest absolute Gasteiger partial charge is 0.101 e. The number of hydrogen-bond donors (Lipinski definition) is 1. The van der Waals surface area contributed by atoms with Crippen molar-refractivity contribution in [3.8, 4) is 0 Å². The lowest BCUT2D eigenvalue weighted by Crippen LogP contribution is -2.52. The third-order valence-corrected chi connectivity index (χ3v) is 7.43. The molecule has 0 bridgehead atoms. The van der Waals surface area contributed by atoms with Crippen molar-refractivity contribution < 1.29 is 9.84 Å². The fourth-order valence-corrected chi connectivity index (χ4v) is 5.76. The van der Waals surface area contributed by atoms with Crippen molar-refractivity contribution in [1.29, 1.82) is 0 Å². The number of aliphatic hydroxyl groups is 1. The summed E-state index contributed by atoms with van der Waals surface area (Å²) in [4.78, 5) is 0. The van der Waals surface area contributed by atoms with Crippen molar-refractivity contribution in [2.45, 2.75) is 85.4 Å². The Kier molecular flexibility index (Phi) is 4.42. The van der Waals surface area contributed by atoms with Crippen LogP contribution in [0, 0.1) is 22.7 Å². The van der Waals surface area contributed by atoms with Crippen LogP contribution in [0.5, 0.6) is 0 Å². The molecule has 2 nitrogen and oxygen atoms in total. The number of rotatable bonds is 3. The highest BCUT2D eigenvalue weighted by Crippen LogP contribution is 2.60. The van der Waals surface area contributed by atoms with Gasteiger partial charge in [-0.15, -0.1) is 0 Å². The standard InChI is InChI=1S/C21H34O2/c1-14-6-9-18-20(3,4)19(22)10-12-21(18,5)17(14)8-7-16-11-13-23-15(16)2/h11,13,15-16,18-19,22H,6-10,12H2,1-5H3/t15?,16?,18?,19?,21-/m1/s1. The number of fused-ring (bicyclic) bond motifs is 1. The molecule has 2 aliphatic carbocycles. The molecule has 1 saturated carbocycles. The van der Waals surface area contributed by atoms with E-state index in [0.717, 1.165) is 12.8 Å². The zero-order chi connectivity index (χ0) is 16.8. The summed E-state index contributed by atoms with van der Waals surface area (Å²) in [7, 11) is 0. The molecular formula is C21H34O2. The van der Waals surface area contributed by atoms with Gasteiger partial charge in [0.1, 0.15) is 6.10 Å². The lowest BCUT2D eigenvalue weighted by Gasteiger charge is -2.57. The van der Waals surface area contributed by atoms with E-state index in [9.17, 15) is 5.11 Å². The van der Waals surface area contributed by atoms with Crippen molar-refractivity contribution in [2.24, 2.45) is 22.7 Å². The van der Waals surface area contributed by atoms with Gasteiger partial charge in [-0.1, -0.05) is 31.9 Å². The molecule has 3 rings (SSSR count). The van der Waals surface area contributed by atoms with Crippen molar-refractivity contribution in [2.75, 3.05) is 0 Å². The summed E-state index contributed by atoms with van der Waals surface area (Å²) in [5.74, 6) is 1.16. The van der Waals surface area contributed by atoms with Gasteiger partial charge in [-0.25, -0.2) is 0 Å². The monoisotopic (exact) mass is 318 g/mol. The van der Waals surface area contributed by atoms with Crippen LogP contribution >= 0.6 is 0 Å². The first-order valence-electron chi connectivity index (χ1n) is 9.46. The Morgan fingerprint density at radius 2 is 2.00 bits per heavy atom. The molecule has 1 heterocycles. The summed E-state index contributed by atoms with van der Waals surface area (Å²) in [6.07, 6.45) is 11.2. The first kappa shape index (κ1) is 17.1. The van der Waals surface area contributed by atoms with Crippen molar-refractivity contribution in [1.82, 2.24) is 0 Å². The average molecular weight is 319 g/mol. The fraction of sp³-hybridized carbons (Fsp3) is 0.810. The summed E-state index contributed by atoms with van der Waals surface area (Å²) in [6.45, 7) is 11.6. The first-order valence-corrected chi connectivity index (χ1v) is 9.46. The van der Waals surface area contributed by atoms with Crippen LogP contribution in [0.25, 0.3) is 0 Å². The Morgan fingerprint density at radius 1 is 1.26 bits per heavy atom. The molecule has 0 aromatic carbocycles. The van der Waals surface area contributed by atoms with E-state index in [2.05, 4.69) is 40.7 Å². The largest absolute Gasteiger partial charge is 0.498 e. The summed E-state index contributed by atoms with van der Waals surface area (Å²) in [6, 6.07) is 0. The van der Waals surface area contributed by atoms with Gasteiger partial charge in [0.05, 0.1) is 12.4 Å². The highest BCUT2D eigenvalue weighted by Gasteiger charge is 2.53. The van der Waals surface area contributed by atoms with Gasteiger partial charge >= 0.3 is 0 Å². The van der Waals surface area contributed by atoms with E-state index in [1.165, 1.54) is 25.7 Å². The van der Waals surface area contributed by atoms with Gasteiger partial charge in [0.15, 0.2) is 0 Å². The maximum absolute atomic E-state index is 10.5. The topological polar surface area (TPSA) is 29.5 Å². The minimum absolute atomic E-state index is 0.0304. The van der Waals surface area contributed by atoms with Gasteiger partial charge in [0, 0.05) is 5.92 Å². The second-order valence-corrected chi connectivity index (χ2v) is 9.02. The molecule has 23 heavy (non-hydrogen) atoms.